The van der Waals surface area contributed by atoms with Crippen LogP contribution in [0.4, 0.5) is 5.82 Å². The number of carbonyl (C=O) groups is 1. The second kappa shape index (κ2) is 7.19. The molecule has 0 saturated carbocycles. The maximum Gasteiger partial charge on any atom is 0.275 e. The van der Waals surface area contributed by atoms with E-state index in [1.165, 1.54) is 12.8 Å². The maximum atomic E-state index is 13.1. The first-order chi connectivity index (χ1) is 12.6. The number of anilines is 1. The van der Waals surface area contributed by atoms with E-state index in [-0.39, 0.29) is 5.91 Å². The van der Waals surface area contributed by atoms with E-state index in [1.807, 2.05) is 23.1 Å². The first-order valence-electron chi connectivity index (χ1n) is 9.69. The van der Waals surface area contributed by atoms with E-state index < -0.39 is 0 Å². The van der Waals surface area contributed by atoms with Crippen LogP contribution in [0.1, 0.15) is 37.2 Å². The van der Waals surface area contributed by atoms with E-state index in [2.05, 4.69) is 39.9 Å². The van der Waals surface area contributed by atoms with Gasteiger partial charge in [0.1, 0.15) is 0 Å². The molecule has 3 heterocycles. The van der Waals surface area contributed by atoms with Crippen molar-refractivity contribution in [3.63, 3.8) is 0 Å². The van der Waals surface area contributed by atoms with Crippen LogP contribution in [0.5, 0.6) is 0 Å². The van der Waals surface area contributed by atoms with Gasteiger partial charge in [-0.05, 0) is 26.7 Å². The highest BCUT2D eigenvalue weighted by atomic mass is 16.2. The van der Waals surface area contributed by atoms with Crippen LogP contribution in [0, 0.1) is 0 Å². The number of amides is 1. The Kier molecular flexibility index (Phi) is 4.76. The molecule has 6 nitrogen and oxygen atoms in total. The summed E-state index contributed by atoms with van der Waals surface area (Å²) < 4.78 is 0. The molecule has 2 aliphatic heterocycles. The molecule has 2 aliphatic rings. The molecule has 1 amide bonds. The highest BCUT2D eigenvalue weighted by Gasteiger charge is 2.27. The van der Waals surface area contributed by atoms with Crippen molar-refractivity contribution in [1.29, 1.82) is 0 Å². The molecular formula is C20H27N5O. The summed E-state index contributed by atoms with van der Waals surface area (Å²) in [5, 5.41) is 10.8. The molecule has 0 unspecified atom stereocenters. The molecule has 2 aromatic rings. The average molecular weight is 353 g/mol. The third-order valence-electron chi connectivity index (χ3n) is 5.61. The van der Waals surface area contributed by atoms with Crippen LogP contribution in [-0.2, 0) is 0 Å². The maximum absolute atomic E-state index is 13.1. The van der Waals surface area contributed by atoms with Crippen molar-refractivity contribution in [3.8, 4) is 0 Å². The molecule has 0 radical (unpaired) electrons. The Balaban J connectivity index is 1.63. The average Bonchev–Trinajstić information content (AvgIpc) is 3.21. The van der Waals surface area contributed by atoms with Crippen LogP contribution in [0.25, 0.3) is 10.8 Å². The third-order valence-corrected chi connectivity index (χ3v) is 5.61. The lowest BCUT2D eigenvalue weighted by atomic mass is 10.1. The normalized spacial score (nSPS) is 18.9. The number of hydrogen-bond donors (Lipinski definition) is 0. The van der Waals surface area contributed by atoms with Gasteiger partial charge in [-0.2, -0.15) is 0 Å². The van der Waals surface area contributed by atoms with Crippen LogP contribution in [0.15, 0.2) is 24.3 Å². The van der Waals surface area contributed by atoms with Crippen molar-refractivity contribution in [3.05, 3.63) is 30.0 Å². The van der Waals surface area contributed by atoms with Gasteiger partial charge in [0.05, 0.1) is 0 Å². The van der Waals surface area contributed by atoms with Crippen molar-refractivity contribution in [2.75, 3.05) is 44.2 Å². The quantitative estimate of drug-likeness (QED) is 0.848. The topological polar surface area (TPSA) is 52.6 Å². The second-order valence-corrected chi connectivity index (χ2v) is 7.53. The minimum atomic E-state index is 0.00470. The van der Waals surface area contributed by atoms with Gasteiger partial charge in [-0.25, -0.2) is 0 Å². The minimum absolute atomic E-state index is 0.00470. The van der Waals surface area contributed by atoms with Crippen LogP contribution in [0.2, 0.25) is 0 Å². The zero-order valence-corrected chi connectivity index (χ0v) is 15.7. The highest BCUT2D eigenvalue weighted by Crippen LogP contribution is 2.28. The number of hydrogen-bond acceptors (Lipinski definition) is 5. The molecule has 4 rings (SSSR count). The monoisotopic (exact) mass is 353 g/mol. The SMILES string of the molecule is CC(C)N1CCN(C(=O)c2nnc(N3CCCC3)c3ccccc23)CC1. The van der Waals surface area contributed by atoms with E-state index in [4.69, 9.17) is 0 Å². The summed E-state index contributed by atoms with van der Waals surface area (Å²) in [6.45, 7) is 9.77. The molecule has 26 heavy (non-hydrogen) atoms. The van der Waals surface area contributed by atoms with Gasteiger partial charge in [-0.15, -0.1) is 10.2 Å². The second-order valence-electron chi connectivity index (χ2n) is 7.53. The van der Waals surface area contributed by atoms with Gasteiger partial charge in [0.25, 0.3) is 5.91 Å². The fourth-order valence-electron chi connectivity index (χ4n) is 4.00. The number of benzene rings is 1. The van der Waals surface area contributed by atoms with Gasteiger partial charge in [0, 0.05) is 56.1 Å². The van der Waals surface area contributed by atoms with Crippen molar-refractivity contribution in [2.24, 2.45) is 0 Å². The molecule has 1 aromatic carbocycles. The van der Waals surface area contributed by atoms with Crippen molar-refractivity contribution in [1.82, 2.24) is 20.0 Å². The van der Waals surface area contributed by atoms with Crippen molar-refractivity contribution < 1.29 is 4.79 Å². The molecule has 0 aliphatic carbocycles. The largest absolute Gasteiger partial charge is 0.355 e. The summed E-state index contributed by atoms with van der Waals surface area (Å²) in [6.07, 6.45) is 2.38. The molecular weight excluding hydrogens is 326 g/mol. The molecule has 0 bridgehead atoms. The van der Waals surface area contributed by atoms with Crippen LogP contribution in [0.3, 0.4) is 0 Å². The summed E-state index contributed by atoms with van der Waals surface area (Å²) in [7, 11) is 0. The Morgan fingerprint density at radius 1 is 0.923 bits per heavy atom. The van der Waals surface area contributed by atoms with Crippen LogP contribution >= 0.6 is 0 Å². The molecule has 2 fully saturated rings. The molecule has 0 spiro atoms. The molecule has 2 saturated heterocycles. The first kappa shape index (κ1) is 17.2. The van der Waals surface area contributed by atoms with Gasteiger partial charge in [-0.1, -0.05) is 24.3 Å². The molecule has 1 aromatic heterocycles. The Labute approximate surface area is 154 Å². The number of carbonyl (C=O) groups excluding carboxylic acids is 1. The molecule has 0 atom stereocenters. The Hall–Kier alpha value is -2.21. The van der Waals surface area contributed by atoms with E-state index in [1.54, 1.807) is 0 Å². The predicted octanol–water partition coefficient (Wildman–Crippen LogP) is 2.40. The molecule has 138 valence electrons. The standard InChI is InChI=1S/C20H27N5O/c1-15(2)23-11-13-25(14-12-23)20(26)18-16-7-3-4-8-17(16)19(22-21-18)24-9-5-6-10-24/h3-4,7-8,15H,5-6,9-14H2,1-2H3. The third kappa shape index (κ3) is 3.14. The van der Waals surface area contributed by atoms with Crippen molar-refractivity contribution >= 4 is 22.5 Å². The Bertz CT molecular complexity index is 792. The number of fused-ring (bicyclic) bond motifs is 1. The molecule has 6 heteroatoms. The zero-order valence-electron chi connectivity index (χ0n) is 15.7. The zero-order chi connectivity index (χ0) is 18.1. The fourth-order valence-corrected chi connectivity index (χ4v) is 4.00. The number of aromatic nitrogens is 2. The van der Waals surface area contributed by atoms with E-state index in [0.29, 0.717) is 11.7 Å². The summed E-state index contributed by atoms with van der Waals surface area (Å²) in [6, 6.07) is 8.57. The lowest BCUT2D eigenvalue weighted by Gasteiger charge is -2.36. The Morgan fingerprint density at radius 2 is 1.58 bits per heavy atom. The van der Waals surface area contributed by atoms with E-state index in [0.717, 1.165) is 55.9 Å². The number of piperazine rings is 1. The lowest BCUT2D eigenvalue weighted by Crippen LogP contribution is -2.50. The first-order valence-corrected chi connectivity index (χ1v) is 9.69. The van der Waals surface area contributed by atoms with Gasteiger partial charge in [0.15, 0.2) is 11.5 Å². The highest BCUT2D eigenvalue weighted by molar-refractivity contribution is 6.07. The number of rotatable bonds is 3. The van der Waals surface area contributed by atoms with Gasteiger partial charge in [0.2, 0.25) is 0 Å². The summed E-state index contributed by atoms with van der Waals surface area (Å²) in [4.78, 5) is 19.7. The van der Waals surface area contributed by atoms with Crippen LogP contribution < -0.4 is 4.90 Å². The summed E-state index contributed by atoms with van der Waals surface area (Å²) in [5.41, 5.74) is 0.488. The number of nitrogens with zero attached hydrogens (tertiary/aromatic N) is 5. The summed E-state index contributed by atoms with van der Waals surface area (Å²) >= 11 is 0. The minimum Gasteiger partial charge on any atom is -0.355 e. The smallest absolute Gasteiger partial charge is 0.275 e. The van der Waals surface area contributed by atoms with Crippen LogP contribution in [-0.4, -0.2) is 71.2 Å². The van der Waals surface area contributed by atoms with Gasteiger partial charge >= 0.3 is 0 Å². The van der Waals surface area contributed by atoms with E-state index >= 15 is 0 Å². The fraction of sp³-hybridized carbons (Fsp3) is 0.550. The van der Waals surface area contributed by atoms with Gasteiger partial charge < -0.3 is 9.80 Å². The Morgan fingerprint density at radius 3 is 2.23 bits per heavy atom. The van der Waals surface area contributed by atoms with Gasteiger partial charge in [-0.3, -0.25) is 9.69 Å². The lowest BCUT2D eigenvalue weighted by molar-refractivity contribution is 0.0591. The predicted molar refractivity (Wildman–Crippen MR) is 104 cm³/mol. The summed E-state index contributed by atoms with van der Waals surface area (Å²) in [5.74, 6) is 0.921. The van der Waals surface area contributed by atoms with E-state index in [9.17, 15) is 4.79 Å². The molecule has 0 N–H and O–H groups in total. The van der Waals surface area contributed by atoms with Crippen molar-refractivity contribution in [2.45, 2.75) is 32.7 Å².